The molecule has 1 atom stereocenters. The summed E-state index contributed by atoms with van der Waals surface area (Å²) >= 11 is 0. The van der Waals surface area contributed by atoms with Crippen LogP contribution in [0.2, 0.25) is 0 Å². The van der Waals surface area contributed by atoms with Crippen molar-refractivity contribution >= 4 is 17.7 Å². The van der Waals surface area contributed by atoms with Gasteiger partial charge in [0.15, 0.2) is 0 Å². The van der Waals surface area contributed by atoms with Gasteiger partial charge in [-0.15, -0.1) is 0 Å². The van der Waals surface area contributed by atoms with Gasteiger partial charge in [-0.2, -0.15) is 167 Å². The molecule has 1 N–H and O–H groups in total. The highest BCUT2D eigenvalue weighted by molar-refractivity contribution is 5.96. The van der Waals surface area contributed by atoms with Crippen molar-refractivity contribution in [2.45, 2.75) is 133 Å². The topological polar surface area (TPSA) is 58.5 Å². The third-order valence-electron chi connectivity index (χ3n) is 9.31. The number of aryl methyl sites for hydroxylation is 1. The summed E-state index contributed by atoms with van der Waals surface area (Å²) in [7, 11) is 0. The molecule has 1 rings (SSSR count). The van der Waals surface area contributed by atoms with E-state index < -0.39 is 136 Å². The molecule has 1 unspecified atom stereocenters. The number of nitrogens with one attached hydrogen (secondary N) is 1. The highest BCUT2D eigenvalue weighted by Gasteiger charge is 3.02. The van der Waals surface area contributed by atoms with E-state index >= 15 is 0 Å². The fraction of sp³-hybridized carbons (Fsp3) is 0.733. The van der Waals surface area contributed by atoms with Crippen molar-refractivity contribution in [1.29, 1.82) is 0 Å². The summed E-state index contributed by atoms with van der Waals surface area (Å²) in [6, 6.07) is -0.632. The van der Waals surface area contributed by atoms with Gasteiger partial charge in [-0.1, -0.05) is 6.07 Å². The summed E-state index contributed by atoms with van der Waals surface area (Å²) in [4.78, 5) is 25.7. The summed E-state index contributed by atoms with van der Waals surface area (Å²) in [5.74, 6) is -168. The number of carbonyl (C=O) groups is 1. The number of nitrogens with zero attached hydrogens (tertiary/aromatic N) is 1. The first-order valence-corrected chi connectivity index (χ1v) is 16.5. The molecule has 41 heteroatoms. The Hall–Kier alpha value is -4.52. The SMILES string of the molecule is Cc1ccc(N=C=O)cc1C(=O)NC(C)CC(F)(F)C(F)(F)C(F)(F)C(F)(F)C(F)(F)C(F)(F)C(F)(F)C(F)(F)C(F)(F)C(F)(F)C(F)(F)C(F)(F)C(F)(F)C(F)(F)C(F)(F)C(F)(F)C(F)(F)C(F)(F)F. The number of hydrogen-bond donors (Lipinski definition) is 1. The molecular weight excluding hydrogens is 1120 g/mol. The Labute approximate surface area is 363 Å². The molecule has 4 nitrogen and oxygen atoms in total. The van der Waals surface area contributed by atoms with E-state index in [-0.39, 0.29) is 12.5 Å². The van der Waals surface area contributed by atoms with Gasteiger partial charge in [0.25, 0.3) is 5.91 Å². The molecule has 1 aromatic rings. The Morgan fingerprint density at radius 3 is 0.915 bits per heavy atom. The molecule has 0 heterocycles. The molecule has 71 heavy (non-hydrogen) atoms. The summed E-state index contributed by atoms with van der Waals surface area (Å²) in [6.45, 7) is 0.939. The Bertz CT molecular complexity index is 2180. The first-order chi connectivity index (χ1) is 30.5. The van der Waals surface area contributed by atoms with Crippen LogP contribution in [0.5, 0.6) is 0 Å². The van der Waals surface area contributed by atoms with E-state index in [1.54, 1.807) is 0 Å². The number of halogens is 37. The number of aliphatic imine (C=N–C) groups is 1. The molecule has 0 aliphatic heterocycles. The van der Waals surface area contributed by atoms with Gasteiger partial charge in [0, 0.05) is 18.0 Å². The second-order valence-corrected chi connectivity index (χ2v) is 14.2. The van der Waals surface area contributed by atoms with Gasteiger partial charge in [0.05, 0.1) is 5.69 Å². The zero-order chi connectivity index (χ0) is 57.8. The molecule has 0 fully saturated rings. The predicted molar refractivity (Wildman–Crippen MR) is 151 cm³/mol. The lowest BCUT2D eigenvalue weighted by Gasteiger charge is -2.47. The summed E-state index contributed by atoms with van der Waals surface area (Å²) < 4.78 is 514. The summed E-state index contributed by atoms with van der Waals surface area (Å²) in [5.41, 5.74) is -1.65. The number of amides is 1. The lowest BCUT2D eigenvalue weighted by Crippen LogP contribution is -2.80. The summed E-state index contributed by atoms with van der Waals surface area (Å²) in [6.07, 6.45) is -11.0. The van der Waals surface area contributed by atoms with E-state index in [4.69, 9.17) is 0 Å². The average molecular weight is 1140 g/mol. The lowest BCUT2D eigenvalue weighted by molar-refractivity contribution is -0.493. The minimum absolute atomic E-state index is 0.0119. The van der Waals surface area contributed by atoms with Crippen LogP contribution in [0.15, 0.2) is 23.2 Å². The van der Waals surface area contributed by atoms with E-state index in [2.05, 4.69) is 4.99 Å². The monoisotopic (exact) mass is 1140 g/mol. The van der Waals surface area contributed by atoms with Crippen LogP contribution >= 0.6 is 0 Å². The molecule has 0 aliphatic carbocycles. The van der Waals surface area contributed by atoms with Crippen LogP contribution in [0.4, 0.5) is 168 Å². The number of benzene rings is 1. The minimum atomic E-state index is -10.5. The third kappa shape index (κ3) is 8.38. The van der Waals surface area contributed by atoms with Crippen molar-refractivity contribution in [2.24, 2.45) is 4.99 Å². The second kappa shape index (κ2) is 17.3. The van der Waals surface area contributed by atoms with E-state index in [1.165, 1.54) is 5.32 Å². The Balaban J connectivity index is 3.96. The lowest BCUT2D eigenvalue weighted by atomic mass is 9.82. The van der Waals surface area contributed by atoms with Gasteiger partial charge < -0.3 is 5.32 Å². The maximum absolute atomic E-state index is 14.5. The standard InChI is InChI=1S/C30H13F37N2O2/c1-8-3-4-10(68-7-70)5-11(8)12(71)69-9(2)6-13(31,32)14(33,34)15(35,36)16(37,38)17(39,40)18(41,42)19(43,44)20(45,46)21(47,48)22(49,50)23(51,52)24(53,54)25(55,56)26(57,58)27(59,60)28(61,62)29(63,64)30(65,66)67/h3-5,9H,6H2,1-2H3,(H,69,71). The second-order valence-electron chi connectivity index (χ2n) is 14.2. The van der Waals surface area contributed by atoms with Crippen molar-refractivity contribution in [3.8, 4) is 0 Å². The molecule has 0 bridgehead atoms. The molecule has 0 saturated heterocycles. The Morgan fingerprint density at radius 1 is 0.437 bits per heavy atom. The molecule has 0 saturated carbocycles. The van der Waals surface area contributed by atoms with Crippen LogP contribution in [0.1, 0.15) is 29.3 Å². The molecule has 0 spiro atoms. The summed E-state index contributed by atoms with van der Waals surface area (Å²) in [5, 5.41) is 1.19. The first-order valence-electron chi connectivity index (χ1n) is 16.5. The molecule has 414 valence electrons. The molecule has 1 amide bonds. The largest absolute Gasteiger partial charge is 0.460 e. The smallest absolute Gasteiger partial charge is 0.349 e. The zero-order valence-electron chi connectivity index (χ0n) is 32.3. The van der Waals surface area contributed by atoms with Crippen molar-refractivity contribution < 1.29 is 172 Å². The highest BCUT2D eigenvalue weighted by Crippen LogP contribution is 2.70. The van der Waals surface area contributed by atoms with Gasteiger partial charge in [-0.25, -0.2) is 4.79 Å². The maximum atomic E-state index is 14.5. The molecular formula is C30H13F37N2O2. The van der Waals surface area contributed by atoms with Crippen LogP contribution in [-0.4, -0.2) is 125 Å². The quantitative estimate of drug-likeness (QED) is 0.0758. The molecule has 0 aliphatic rings. The number of carbonyl (C=O) groups excluding carboxylic acids is 2. The van der Waals surface area contributed by atoms with E-state index in [0.29, 0.717) is 6.07 Å². The number of rotatable bonds is 21. The van der Waals surface area contributed by atoms with Gasteiger partial charge in [-0.05, 0) is 31.5 Å². The molecule has 0 aromatic heterocycles. The van der Waals surface area contributed by atoms with E-state index in [0.717, 1.165) is 25.1 Å². The zero-order valence-corrected chi connectivity index (χ0v) is 32.3. The number of hydrogen-bond acceptors (Lipinski definition) is 3. The number of alkyl halides is 37. The average Bonchev–Trinajstić information content (AvgIpc) is 3.16. The fourth-order valence-corrected chi connectivity index (χ4v) is 5.01. The van der Waals surface area contributed by atoms with Crippen LogP contribution in [0.3, 0.4) is 0 Å². The van der Waals surface area contributed by atoms with Gasteiger partial charge in [0.1, 0.15) is 0 Å². The van der Waals surface area contributed by atoms with E-state index in [1.807, 2.05) is 0 Å². The van der Waals surface area contributed by atoms with Crippen LogP contribution < -0.4 is 5.32 Å². The number of isocyanates is 1. The molecule has 0 radical (unpaired) electrons. The van der Waals surface area contributed by atoms with Gasteiger partial charge in [-0.3, -0.25) is 4.79 Å². The van der Waals surface area contributed by atoms with Crippen molar-refractivity contribution in [2.75, 3.05) is 0 Å². The van der Waals surface area contributed by atoms with Crippen LogP contribution in [-0.2, 0) is 4.79 Å². The Kier molecular flexibility index (Phi) is 15.7. The first kappa shape index (κ1) is 64.5. The Morgan fingerprint density at radius 2 is 0.676 bits per heavy atom. The van der Waals surface area contributed by atoms with Gasteiger partial charge >= 0.3 is 107 Å². The predicted octanol–water partition coefficient (Wildman–Crippen LogP) is 13.8. The minimum Gasteiger partial charge on any atom is -0.349 e. The van der Waals surface area contributed by atoms with Crippen molar-refractivity contribution in [3.05, 3.63) is 29.3 Å². The molecule has 1 aromatic carbocycles. The van der Waals surface area contributed by atoms with E-state index in [9.17, 15) is 172 Å². The fourth-order valence-electron chi connectivity index (χ4n) is 5.01. The maximum Gasteiger partial charge on any atom is 0.460 e. The normalized spacial score (nSPS) is 16.4. The van der Waals surface area contributed by atoms with Crippen LogP contribution in [0.25, 0.3) is 0 Å². The third-order valence-corrected chi connectivity index (χ3v) is 9.31. The van der Waals surface area contributed by atoms with Crippen molar-refractivity contribution in [1.82, 2.24) is 5.32 Å². The van der Waals surface area contributed by atoms with Crippen LogP contribution in [0, 0.1) is 6.92 Å². The highest BCUT2D eigenvalue weighted by atomic mass is 19.4. The van der Waals surface area contributed by atoms with Gasteiger partial charge in [0.2, 0.25) is 6.08 Å². The van der Waals surface area contributed by atoms with Crippen molar-refractivity contribution in [3.63, 3.8) is 0 Å².